The molecular weight excluding hydrogens is 290 g/mol. The van der Waals surface area contributed by atoms with Crippen molar-refractivity contribution in [3.8, 4) is 0 Å². The monoisotopic (exact) mass is 307 g/mol. The van der Waals surface area contributed by atoms with Crippen LogP contribution in [0.15, 0.2) is 50.7 Å². The minimum absolute atomic E-state index is 0.174. The molecule has 0 spiro atoms. The number of para-hydroxylation sites is 1. The van der Waals surface area contributed by atoms with E-state index in [1.54, 1.807) is 19.2 Å². The van der Waals surface area contributed by atoms with E-state index in [1.165, 1.54) is 11.1 Å². The van der Waals surface area contributed by atoms with Crippen LogP contribution in [0.5, 0.6) is 0 Å². The topological polar surface area (TPSA) is 60.4 Å². The summed E-state index contributed by atoms with van der Waals surface area (Å²) in [6.45, 7) is 3.98. The Kier molecular flexibility index (Phi) is 3.15. The number of fused-ring (bicyclic) bond motifs is 1. The Morgan fingerprint density at radius 2 is 2.09 bits per heavy atom. The lowest BCUT2D eigenvalue weighted by Crippen LogP contribution is -2.20. The van der Waals surface area contributed by atoms with E-state index in [1.807, 2.05) is 30.3 Å². The van der Waals surface area contributed by atoms with Gasteiger partial charge in [-0.2, -0.15) is 9.78 Å². The van der Waals surface area contributed by atoms with Crippen LogP contribution in [0.1, 0.15) is 36.6 Å². The van der Waals surface area contributed by atoms with Crippen molar-refractivity contribution in [3.63, 3.8) is 0 Å². The lowest BCUT2D eigenvalue weighted by molar-refractivity contribution is 0.499. The Bertz CT molecular complexity index is 968. The zero-order chi connectivity index (χ0) is 16.0. The molecule has 0 saturated heterocycles. The van der Waals surface area contributed by atoms with Gasteiger partial charge in [0, 0.05) is 5.92 Å². The van der Waals surface area contributed by atoms with Crippen LogP contribution in [0, 0.1) is 12.8 Å². The van der Waals surface area contributed by atoms with Crippen molar-refractivity contribution in [2.24, 2.45) is 11.0 Å². The fraction of sp³-hybridized carbons (Fsp3) is 0.278. The number of furan rings is 1. The lowest BCUT2D eigenvalue weighted by Gasteiger charge is -2.04. The lowest BCUT2D eigenvalue weighted by atomic mass is 10.2. The predicted molar refractivity (Wildman–Crippen MR) is 89.0 cm³/mol. The van der Waals surface area contributed by atoms with Gasteiger partial charge < -0.3 is 4.42 Å². The molecule has 1 saturated carbocycles. The molecule has 2 heterocycles. The largest absolute Gasteiger partial charge is 0.460 e. The molecule has 0 aliphatic heterocycles. The molecule has 23 heavy (non-hydrogen) atoms. The molecule has 3 aromatic rings. The van der Waals surface area contributed by atoms with Gasteiger partial charge in [-0.3, -0.25) is 4.79 Å². The average molecular weight is 307 g/mol. The highest BCUT2D eigenvalue weighted by Crippen LogP contribution is 2.47. The van der Waals surface area contributed by atoms with Crippen LogP contribution in [0.25, 0.3) is 10.9 Å². The standard InChI is InChI=1S/C18H17N3O2/c1-11-9-15(11)17-8-7-13(23-17)10-19-21-12(2)20-16-6-4-3-5-14(16)18(21)22/h3-8,10-11,15H,9H2,1-2H3/b19-10-/t11-,15-/m1/s1. The van der Waals surface area contributed by atoms with E-state index in [-0.39, 0.29) is 5.56 Å². The van der Waals surface area contributed by atoms with Crippen molar-refractivity contribution in [2.45, 2.75) is 26.2 Å². The smallest absolute Gasteiger partial charge is 0.282 e. The maximum Gasteiger partial charge on any atom is 0.282 e. The van der Waals surface area contributed by atoms with Gasteiger partial charge in [0.15, 0.2) is 0 Å². The fourth-order valence-corrected chi connectivity index (χ4v) is 2.84. The van der Waals surface area contributed by atoms with E-state index in [0.717, 1.165) is 5.76 Å². The zero-order valence-corrected chi connectivity index (χ0v) is 13.1. The Morgan fingerprint density at radius 3 is 2.87 bits per heavy atom. The molecule has 0 bridgehead atoms. The van der Waals surface area contributed by atoms with Crippen molar-refractivity contribution in [1.29, 1.82) is 0 Å². The maximum absolute atomic E-state index is 12.5. The number of aryl methyl sites for hydroxylation is 1. The van der Waals surface area contributed by atoms with Crippen LogP contribution < -0.4 is 5.56 Å². The SMILES string of the molecule is Cc1nc2ccccc2c(=O)n1/N=C\c1ccc([C@@H]2C[C@H]2C)o1. The maximum atomic E-state index is 12.5. The summed E-state index contributed by atoms with van der Waals surface area (Å²) in [5.74, 6) is 3.43. The molecule has 0 amide bonds. The molecule has 4 rings (SSSR count). The van der Waals surface area contributed by atoms with Crippen molar-refractivity contribution in [2.75, 3.05) is 0 Å². The van der Waals surface area contributed by atoms with E-state index >= 15 is 0 Å². The summed E-state index contributed by atoms with van der Waals surface area (Å²) in [5, 5.41) is 4.82. The number of hydrogen-bond acceptors (Lipinski definition) is 4. The quantitative estimate of drug-likeness (QED) is 0.697. The van der Waals surface area contributed by atoms with Crippen LogP contribution >= 0.6 is 0 Å². The number of nitrogens with zero attached hydrogens (tertiary/aromatic N) is 3. The summed E-state index contributed by atoms with van der Waals surface area (Å²) in [7, 11) is 0. The first-order valence-electron chi connectivity index (χ1n) is 7.76. The summed E-state index contributed by atoms with van der Waals surface area (Å²) in [6.07, 6.45) is 2.75. The summed E-state index contributed by atoms with van der Waals surface area (Å²) in [5.41, 5.74) is 0.511. The number of hydrogen-bond donors (Lipinski definition) is 0. The number of aromatic nitrogens is 2. The van der Waals surface area contributed by atoms with Crippen LogP contribution in [0.3, 0.4) is 0 Å². The van der Waals surface area contributed by atoms with Gasteiger partial charge in [-0.05, 0) is 43.5 Å². The second-order valence-corrected chi connectivity index (χ2v) is 6.10. The first-order valence-corrected chi connectivity index (χ1v) is 7.76. The molecule has 0 radical (unpaired) electrons. The first-order chi connectivity index (χ1) is 11.1. The minimum Gasteiger partial charge on any atom is -0.460 e. The van der Waals surface area contributed by atoms with Gasteiger partial charge in [-0.15, -0.1) is 0 Å². The minimum atomic E-state index is -0.174. The Balaban J connectivity index is 1.69. The van der Waals surface area contributed by atoms with Crippen LogP contribution in [-0.2, 0) is 0 Å². The van der Waals surface area contributed by atoms with E-state index in [2.05, 4.69) is 17.0 Å². The van der Waals surface area contributed by atoms with Crippen LogP contribution in [0.2, 0.25) is 0 Å². The third kappa shape index (κ3) is 2.48. The fourth-order valence-electron chi connectivity index (χ4n) is 2.84. The third-order valence-corrected chi connectivity index (χ3v) is 4.34. The first kappa shape index (κ1) is 13.9. The predicted octanol–water partition coefficient (Wildman–Crippen LogP) is 3.30. The second kappa shape index (κ2) is 5.19. The highest BCUT2D eigenvalue weighted by Gasteiger charge is 2.36. The van der Waals surface area contributed by atoms with Crippen molar-refractivity contribution in [3.05, 3.63) is 64.1 Å². The Morgan fingerprint density at radius 1 is 1.30 bits per heavy atom. The van der Waals surface area contributed by atoms with E-state index in [9.17, 15) is 4.79 Å². The van der Waals surface area contributed by atoms with E-state index in [0.29, 0.717) is 34.3 Å². The normalized spacial score (nSPS) is 20.4. The molecule has 2 atom stereocenters. The van der Waals surface area contributed by atoms with Gasteiger partial charge in [0.1, 0.15) is 17.3 Å². The Labute approximate surface area is 133 Å². The molecule has 116 valence electrons. The van der Waals surface area contributed by atoms with Gasteiger partial charge >= 0.3 is 0 Å². The van der Waals surface area contributed by atoms with E-state index in [4.69, 9.17) is 4.42 Å². The molecule has 0 N–H and O–H groups in total. The summed E-state index contributed by atoms with van der Waals surface area (Å²) in [6, 6.07) is 11.2. The zero-order valence-electron chi connectivity index (χ0n) is 13.1. The van der Waals surface area contributed by atoms with Crippen molar-refractivity contribution >= 4 is 17.1 Å². The van der Waals surface area contributed by atoms with Crippen molar-refractivity contribution in [1.82, 2.24) is 9.66 Å². The molecule has 1 fully saturated rings. The van der Waals surface area contributed by atoms with Gasteiger partial charge in [-0.25, -0.2) is 4.98 Å². The molecule has 1 aliphatic carbocycles. The van der Waals surface area contributed by atoms with Gasteiger partial charge in [0.2, 0.25) is 0 Å². The highest BCUT2D eigenvalue weighted by molar-refractivity contribution is 5.78. The third-order valence-electron chi connectivity index (χ3n) is 4.34. The van der Waals surface area contributed by atoms with Crippen LogP contribution in [0.4, 0.5) is 0 Å². The van der Waals surface area contributed by atoms with Gasteiger partial charge in [0.25, 0.3) is 5.56 Å². The molecule has 5 heteroatoms. The molecule has 1 aromatic carbocycles. The van der Waals surface area contributed by atoms with Crippen molar-refractivity contribution < 1.29 is 4.42 Å². The molecule has 1 aliphatic rings. The second-order valence-electron chi connectivity index (χ2n) is 6.10. The average Bonchev–Trinajstić information content (AvgIpc) is 3.08. The highest BCUT2D eigenvalue weighted by atomic mass is 16.3. The molecule has 5 nitrogen and oxygen atoms in total. The van der Waals surface area contributed by atoms with Gasteiger partial charge in [-0.1, -0.05) is 19.1 Å². The number of benzene rings is 1. The number of rotatable bonds is 3. The Hall–Kier alpha value is -2.69. The van der Waals surface area contributed by atoms with Gasteiger partial charge in [0.05, 0.1) is 17.1 Å². The van der Waals surface area contributed by atoms with E-state index < -0.39 is 0 Å². The summed E-state index contributed by atoms with van der Waals surface area (Å²) in [4.78, 5) is 16.9. The molecular formula is C18H17N3O2. The summed E-state index contributed by atoms with van der Waals surface area (Å²) >= 11 is 0. The molecule has 0 unspecified atom stereocenters. The summed E-state index contributed by atoms with van der Waals surface area (Å²) < 4.78 is 7.09. The van der Waals surface area contributed by atoms with Crippen LogP contribution in [-0.4, -0.2) is 15.9 Å². The molecule has 2 aromatic heterocycles.